The Morgan fingerprint density at radius 1 is 1.02 bits per heavy atom. The van der Waals surface area contributed by atoms with Gasteiger partial charge in [-0.25, -0.2) is 14.4 Å². The molecule has 0 aliphatic carbocycles. The highest BCUT2D eigenvalue weighted by molar-refractivity contribution is 5.73. The number of esters is 1. The summed E-state index contributed by atoms with van der Waals surface area (Å²) in [4.78, 5) is 33.9. The summed E-state index contributed by atoms with van der Waals surface area (Å²) >= 11 is 0. The molecule has 41 heavy (non-hydrogen) atoms. The zero-order chi connectivity index (χ0) is 29.3. The summed E-state index contributed by atoms with van der Waals surface area (Å²) < 4.78 is 19.1. The van der Waals surface area contributed by atoms with Crippen molar-refractivity contribution < 1.29 is 13.9 Å². The van der Waals surface area contributed by atoms with Crippen LogP contribution < -0.4 is 14.7 Å². The minimum absolute atomic E-state index is 0.172. The SMILES string of the molecule is Cc1cc(CC(=O)OC(C)(C)C)cnc1N1CCN(c2cc(-c3ccc(F)cc3)nc(N3CCCC3C)n2)C(C)C1. The van der Waals surface area contributed by atoms with E-state index in [0.29, 0.717) is 6.04 Å². The van der Waals surface area contributed by atoms with Crippen LogP contribution >= 0.6 is 0 Å². The van der Waals surface area contributed by atoms with Crippen LogP contribution in [0, 0.1) is 12.7 Å². The third kappa shape index (κ3) is 6.77. The Balaban J connectivity index is 1.35. The second-order valence-corrected chi connectivity index (χ2v) is 12.3. The molecule has 8 nitrogen and oxygen atoms in total. The molecule has 4 heterocycles. The molecule has 0 spiro atoms. The molecule has 3 aromatic rings. The van der Waals surface area contributed by atoms with Crippen LogP contribution in [0.2, 0.25) is 0 Å². The van der Waals surface area contributed by atoms with E-state index in [9.17, 15) is 9.18 Å². The Morgan fingerprint density at radius 2 is 1.78 bits per heavy atom. The number of carbonyl (C=O) groups is 1. The summed E-state index contributed by atoms with van der Waals surface area (Å²) in [6, 6.07) is 11.1. The van der Waals surface area contributed by atoms with Gasteiger partial charge in [-0.1, -0.05) is 6.07 Å². The number of pyridine rings is 1. The van der Waals surface area contributed by atoms with Crippen LogP contribution in [0.15, 0.2) is 42.6 Å². The molecule has 218 valence electrons. The van der Waals surface area contributed by atoms with Crippen molar-refractivity contribution in [2.24, 2.45) is 0 Å². The van der Waals surface area contributed by atoms with Gasteiger partial charge in [-0.3, -0.25) is 4.79 Å². The zero-order valence-electron chi connectivity index (χ0n) is 25.0. The Hall–Kier alpha value is -3.75. The van der Waals surface area contributed by atoms with E-state index in [4.69, 9.17) is 19.7 Å². The lowest BCUT2D eigenvalue weighted by Crippen LogP contribution is -2.53. The van der Waals surface area contributed by atoms with Crippen LogP contribution in [-0.4, -0.2) is 64.8 Å². The molecule has 2 unspecified atom stereocenters. The van der Waals surface area contributed by atoms with Gasteiger partial charge in [0.15, 0.2) is 0 Å². The molecule has 0 amide bonds. The lowest BCUT2D eigenvalue weighted by Gasteiger charge is -2.41. The Labute approximate surface area is 242 Å². The van der Waals surface area contributed by atoms with Crippen molar-refractivity contribution in [2.45, 2.75) is 78.5 Å². The number of anilines is 3. The van der Waals surface area contributed by atoms with Gasteiger partial charge in [-0.05, 0) is 89.8 Å². The maximum atomic E-state index is 13.7. The van der Waals surface area contributed by atoms with Gasteiger partial charge in [0.05, 0.1) is 12.1 Å². The van der Waals surface area contributed by atoms with Gasteiger partial charge in [0.2, 0.25) is 5.95 Å². The van der Waals surface area contributed by atoms with Gasteiger partial charge in [-0.2, -0.15) is 4.98 Å². The quantitative estimate of drug-likeness (QED) is 0.362. The fourth-order valence-electron chi connectivity index (χ4n) is 5.78. The van der Waals surface area contributed by atoms with Gasteiger partial charge in [0.1, 0.15) is 23.1 Å². The maximum absolute atomic E-state index is 13.7. The van der Waals surface area contributed by atoms with Crippen molar-refractivity contribution >= 4 is 23.6 Å². The molecule has 0 bridgehead atoms. The summed E-state index contributed by atoms with van der Waals surface area (Å²) in [5.41, 5.74) is 3.06. The van der Waals surface area contributed by atoms with E-state index < -0.39 is 5.60 Å². The molecular weight excluding hydrogens is 519 g/mol. The second kappa shape index (κ2) is 11.6. The first-order valence-electron chi connectivity index (χ1n) is 14.6. The van der Waals surface area contributed by atoms with Crippen molar-refractivity contribution in [2.75, 3.05) is 40.9 Å². The van der Waals surface area contributed by atoms with Crippen molar-refractivity contribution in [3.05, 3.63) is 59.5 Å². The maximum Gasteiger partial charge on any atom is 0.310 e. The Kier molecular flexibility index (Phi) is 8.16. The summed E-state index contributed by atoms with van der Waals surface area (Å²) in [6.45, 7) is 15.4. The summed E-state index contributed by atoms with van der Waals surface area (Å²) in [6.07, 6.45) is 4.24. The number of carbonyl (C=O) groups excluding carboxylic acids is 1. The van der Waals surface area contributed by atoms with E-state index in [2.05, 4.69) is 28.5 Å². The molecular formula is C32H41FN6O2. The third-order valence-corrected chi connectivity index (χ3v) is 7.75. The standard InChI is InChI=1S/C32H41FN6O2/c1-21-16-24(17-29(40)41-32(4,5)6)19-34-30(21)37-14-15-38(23(3)20-37)28-18-27(25-9-11-26(33)12-10-25)35-31(36-28)39-13-7-8-22(39)2/h9-12,16,18-19,22-23H,7-8,13-15,17,20H2,1-6H3. The highest BCUT2D eigenvalue weighted by atomic mass is 19.1. The lowest BCUT2D eigenvalue weighted by molar-refractivity contribution is -0.153. The number of rotatable bonds is 6. The van der Waals surface area contributed by atoms with E-state index in [0.717, 1.165) is 79.0 Å². The lowest BCUT2D eigenvalue weighted by atomic mass is 10.1. The smallest absolute Gasteiger partial charge is 0.310 e. The molecule has 2 atom stereocenters. The van der Waals surface area contributed by atoms with Crippen molar-refractivity contribution in [3.8, 4) is 11.3 Å². The largest absolute Gasteiger partial charge is 0.460 e. The van der Waals surface area contributed by atoms with Crippen LogP contribution in [0.25, 0.3) is 11.3 Å². The third-order valence-electron chi connectivity index (χ3n) is 7.75. The molecule has 2 aliphatic rings. The molecule has 2 aromatic heterocycles. The fraction of sp³-hybridized carbons (Fsp3) is 0.500. The van der Waals surface area contributed by atoms with E-state index in [1.165, 1.54) is 12.1 Å². The van der Waals surface area contributed by atoms with Gasteiger partial charge in [0, 0.05) is 56.1 Å². The topological polar surface area (TPSA) is 74.7 Å². The molecule has 1 aromatic carbocycles. The van der Waals surface area contributed by atoms with Gasteiger partial charge < -0.3 is 19.4 Å². The molecule has 9 heteroatoms. The molecule has 2 aliphatic heterocycles. The number of aromatic nitrogens is 3. The van der Waals surface area contributed by atoms with Gasteiger partial charge >= 0.3 is 5.97 Å². The van der Waals surface area contributed by atoms with E-state index in [-0.39, 0.29) is 24.2 Å². The van der Waals surface area contributed by atoms with E-state index in [1.54, 1.807) is 18.3 Å². The molecule has 5 rings (SSSR count). The minimum Gasteiger partial charge on any atom is -0.460 e. The first-order chi connectivity index (χ1) is 19.5. The number of benzene rings is 1. The minimum atomic E-state index is -0.508. The normalized spacial score (nSPS) is 19.5. The fourth-order valence-corrected chi connectivity index (χ4v) is 5.78. The van der Waals surface area contributed by atoms with Crippen molar-refractivity contribution in [1.82, 2.24) is 15.0 Å². The summed E-state index contributed by atoms with van der Waals surface area (Å²) in [5, 5.41) is 0. The van der Waals surface area contributed by atoms with Crippen LogP contribution in [0.1, 0.15) is 58.6 Å². The molecule has 0 radical (unpaired) electrons. The zero-order valence-corrected chi connectivity index (χ0v) is 25.0. The predicted octanol–water partition coefficient (Wildman–Crippen LogP) is 5.57. The molecule has 2 saturated heterocycles. The van der Waals surface area contributed by atoms with Crippen molar-refractivity contribution in [1.29, 1.82) is 0 Å². The summed E-state index contributed by atoms with van der Waals surface area (Å²) in [5.74, 6) is 2.05. The second-order valence-electron chi connectivity index (χ2n) is 12.3. The first-order valence-corrected chi connectivity index (χ1v) is 14.6. The first kappa shape index (κ1) is 28.8. The van der Waals surface area contributed by atoms with Crippen LogP contribution in [0.3, 0.4) is 0 Å². The van der Waals surface area contributed by atoms with Crippen molar-refractivity contribution in [3.63, 3.8) is 0 Å². The molecule has 0 saturated carbocycles. The van der Waals surface area contributed by atoms with E-state index >= 15 is 0 Å². The Bertz CT molecular complexity index is 1390. The number of aryl methyl sites for hydroxylation is 1. The number of hydrogen-bond donors (Lipinski definition) is 0. The van der Waals surface area contributed by atoms with Crippen LogP contribution in [0.4, 0.5) is 22.0 Å². The van der Waals surface area contributed by atoms with Crippen LogP contribution in [-0.2, 0) is 16.0 Å². The van der Waals surface area contributed by atoms with E-state index in [1.807, 2.05) is 39.8 Å². The molecule has 2 fully saturated rings. The number of nitrogens with zero attached hydrogens (tertiary/aromatic N) is 6. The highest BCUT2D eigenvalue weighted by Crippen LogP contribution is 2.31. The van der Waals surface area contributed by atoms with Gasteiger partial charge in [0.25, 0.3) is 0 Å². The molecule has 0 N–H and O–H groups in total. The highest BCUT2D eigenvalue weighted by Gasteiger charge is 2.29. The average Bonchev–Trinajstić information content (AvgIpc) is 3.33. The number of halogens is 1. The van der Waals surface area contributed by atoms with Crippen LogP contribution in [0.5, 0.6) is 0 Å². The van der Waals surface area contributed by atoms with Gasteiger partial charge in [-0.15, -0.1) is 0 Å². The number of ether oxygens (including phenoxy) is 1. The summed E-state index contributed by atoms with van der Waals surface area (Å²) in [7, 11) is 0. The average molecular weight is 561 g/mol. The number of hydrogen-bond acceptors (Lipinski definition) is 8. The Morgan fingerprint density at radius 3 is 2.41 bits per heavy atom. The monoisotopic (exact) mass is 560 g/mol. The predicted molar refractivity (Wildman–Crippen MR) is 161 cm³/mol. The number of piperazine rings is 1.